The van der Waals surface area contributed by atoms with Crippen molar-refractivity contribution in [3.05, 3.63) is 52.4 Å². The summed E-state index contributed by atoms with van der Waals surface area (Å²) in [4.78, 5) is 24.6. The summed E-state index contributed by atoms with van der Waals surface area (Å²) in [6.45, 7) is 6.21. The zero-order chi connectivity index (χ0) is 17.7. The lowest BCUT2D eigenvalue weighted by Crippen LogP contribution is -2.32. The van der Waals surface area contributed by atoms with Gasteiger partial charge in [-0.05, 0) is 38.5 Å². The van der Waals surface area contributed by atoms with Crippen molar-refractivity contribution in [2.24, 2.45) is 0 Å². The zero-order valence-corrected chi connectivity index (χ0v) is 14.2. The van der Waals surface area contributed by atoms with E-state index >= 15 is 0 Å². The highest BCUT2D eigenvalue weighted by Gasteiger charge is 2.19. The van der Waals surface area contributed by atoms with E-state index in [1.807, 2.05) is 24.3 Å². The van der Waals surface area contributed by atoms with E-state index in [1.54, 1.807) is 13.8 Å². The van der Waals surface area contributed by atoms with Gasteiger partial charge in [0.15, 0.2) is 0 Å². The van der Waals surface area contributed by atoms with Crippen LogP contribution < -0.4 is 16.2 Å². The molecule has 1 aromatic heterocycles. The molecule has 0 saturated carbocycles. The fourth-order valence-electron chi connectivity index (χ4n) is 2.55. The van der Waals surface area contributed by atoms with E-state index in [-0.39, 0.29) is 11.7 Å². The molecule has 1 amide bonds. The van der Waals surface area contributed by atoms with E-state index in [4.69, 9.17) is 0 Å². The molecule has 128 valence electrons. The Morgan fingerprint density at radius 2 is 1.92 bits per heavy atom. The molecule has 1 atom stereocenters. The van der Waals surface area contributed by atoms with Crippen LogP contribution in [-0.2, 0) is 4.79 Å². The molecule has 6 heteroatoms. The van der Waals surface area contributed by atoms with E-state index < -0.39 is 11.6 Å². The number of carbonyl (C=O) groups is 1. The number of hydrogen-bond acceptors (Lipinski definition) is 4. The molecule has 24 heavy (non-hydrogen) atoms. The van der Waals surface area contributed by atoms with Crippen molar-refractivity contribution in [2.75, 3.05) is 17.2 Å². The monoisotopic (exact) mass is 329 g/mol. The zero-order valence-electron chi connectivity index (χ0n) is 14.2. The third-order valence-electron chi connectivity index (χ3n) is 3.76. The Hall–Kier alpha value is -2.76. The summed E-state index contributed by atoms with van der Waals surface area (Å²) in [5.74, 6) is -0.396. The van der Waals surface area contributed by atoms with Crippen LogP contribution in [-0.4, -0.2) is 22.1 Å². The number of pyridine rings is 1. The quantitative estimate of drug-likeness (QED) is 0.761. The van der Waals surface area contributed by atoms with Gasteiger partial charge in [0, 0.05) is 18.3 Å². The smallest absolute Gasteiger partial charge is 0.255 e. The largest absolute Gasteiger partial charge is 0.508 e. The van der Waals surface area contributed by atoms with Crippen LogP contribution in [0.25, 0.3) is 0 Å². The van der Waals surface area contributed by atoms with Gasteiger partial charge in [-0.15, -0.1) is 0 Å². The molecule has 3 N–H and O–H groups in total. The molecule has 1 heterocycles. The average molecular weight is 329 g/mol. The third-order valence-corrected chi connectivity index (χ3v) is 3.76. The number of aromatic nitrogens is 1. The number of aromatic hydroxyl groups is 1. The molecule has 0 radical (unpaired) electrons. The maximum Gasteiger partial charge on any atom is 0.255 e. The summed E-state index contributed by atoms with van der Waals surface area (Å²) >= 11 is 0. The van der Waals surface area contributed by atoms with Crippen LogP contribution in [0, 0.1) is 6.92 Å². The van der Waals surface area contributed by atoms with Crippen molar-refractivity contribution >= 4 is 17.3 Å². The van der Waals surface area contributed by atoms with Crippen LogP contribution in [0.3, 0.4) is 0 Å². The van der Waals surface area contributed by atoms with Crippen molar-refractivity contribution in [1.82, 2.24) is 4.57 Å². The Bertz CT molecular complexity index is 783. The second-order valence-corrected chi connectivity index (χ2v) is 5.70. The van der Waals surface area contributed by atoms with Crippen molar-refractivity contribution < 1.29 is 9.90 Å². The number of para-hydroxylation sites is 2. The number of nitrogens with zero attached hydrogens (tertiary/aromatic N) is 1. The molecule has 0 aliphatic carbocycles. The molecule has 0 aliphatic rings. The van der Waals surface area contributed by atoms with Gasteiger partial charge in [-0.3, -0.25) is 9.59 Å². The van der Waals surface area contributed by atoms with Crippen molar-refractivity contribution in [1.29, 1.82) is 0 Å². The molecule has 1 aromatic carbocycles. The van der Waals surface area contributed by atoms with Gasteiger partial charge in [-0.1, -0.05) is 19.1 Å². The lowest BCUT2D eigenvalue weighted by Gasteiger charge is -2.19. The molecule has 2 rings (SSSR count). The van der Waals surface area contributed by atoms with Crippen LogP contribution in [0.15, 0.2) is 41.2 Å². The first-order valence-electron chi connectivity index (χ1n) is 8.00. The van der Waals surface area contributed by atoms with Crippen LogP contribution >= 0.6 is 0 Å². The molecule has 0 spiro atoms. The first kappa shape index (κ1) is 17.6. The number of aryl methyl sites for hydroxylation is 1. The number of amides is 1. The van der Waals surface area contributed by atoms with E-state index in [0.29, 0.717) is 11.4 Å². The van der Waals surface area contributed by atoms with Gasteiger partial charge < -0.3 is 20.3 Å². The second kappa shape index (κ2) is 7.68. The fourth-order valence-corrected chi connectivity index (χ4v) is 2.55. The SMILES string of the molecule is CCCNc1ccccc1NC(=O)C(C)n1c(C)cc(O)cc1=O. The van der Waals surface area contributed by atoms with Crippen molar-refractivity contribution in [2.45, 2.75) is 33.2 Å². The average Bonchev–Trinajstić information content (AvgIpc) is 2.53. The molecule has 2 aromatic rings. The van der Waals surface area contributed by atoms with Gasteiger partial charge in [-0.25, -0.2) is 0 Å². The van der Waals surface area contributed by atoms with Crippen LogP contribution in [0.1, 0.15) is 32.0 Å². The number of benzene rings is 1. The Morgan fingerprint density at radius 1 is 1.25 bits per heavy atom. The van der Waals surface area contributed by atoms with E-state index in [0.717, 1.165) is 24.7 Å². The summed E-state index contributed by atoms with van der Waals surface area (Å²) in [6, 6.07) is 9.32. The molecule has 6 nitrogen and oxygen atoms in total. The summed E-state index contributed by atoms with van der Waals surface area (Å²) in [5, 5.41) is 15.6. The second-order valence-electron chi connectivity index (χ2n) is 5.70. The van der Waals surface area contributed by atoms with Crippen LogP contribution in [0.2, 0.25) is 0 Å². The van der Waals surface area contributed by atoms with Crippen LogP contribution in [0.4, 0.5) is 11.4 Å². The van der Waals surface area contributed by atoms with Crippen molar-refractivity contribution in [3.8, 4) is 5.75 Å². The predicted octanol–water partition coefficient (Wildman–Crippen LogP) is 2.88. The van der Waals surface area contributed by atoms with E-state index in [1.165, 1.54) is 10.6 Å². The van der Waals surface area contributed by atoms with Gasteiger partial charge in [0.05, 0.1) is 11.4 Å². The minimum atomic E-state index is -0.697. The highest BCUT2D eigenvalue weighted by atomic mass is 16.3. The lowest BCUT2D eigenvalue weighted by molar-refractivity contribution is -0.118. The van der Waals surface area contributed by atoms with Gasteiger partial charge in [0.2, 0.25) is 5.91 Å². The summed E-state index contributed by atoms with van der Waals surface area (Å²) < 4.78 is 1.36. The first-order chi connectivity index (χ1) is 11.4. The van der Waals surface area contributed by atoms with Gasteiger partial charge >= 0.3 is 0 Å². The molecule has 0 bridgehead atoms. The molecule has 1 unspecified atom stereocenters. The maximum absolute atomic E-state index is 12.6. The van der Waals surface area contributed by atoms with Gasteiger partial charge in [0.1, 0.15) is 11.8 Å². The molecule has 0 aliphatic heterocycles. The molecular formula is C18H23N3O3. The number of hydrogen-bond donors (Lipinski definition) is 3. The highest BCUT2D eigenvalue weighted by molar-refractivity contribution is 5.96. The molecule has 0 saturated heterocycles. The number of anilines is 2. The maximum atomic E-state index is 12.6. The van der Waals surface area contributed by atoms with E-state index in [2.05, 4.69) is 17.6 Å². The normalized spacial score (nSPS) is 11.8. The number of carbonyl (C=O) groups excluding carboxylic acids is 1. The van der Waals surface area contributed by atoms with Crippen molar-refractivity contribution in [3.63, 3.8) is 0 Å². The third kappa shape index (κ3) is 3.95. The molecule has 0 fully saturated rings. The summed E-state index contributed by atoms with van der Waals surface area (Å²) in [5.41, 5.74) is 1.63. The Labute approximate surface area is 141 Å². The standard InChI is InChI=1S/C18H23N3O3/c1-4-9-19-15-7-5-6-8-16(15)20-18(24)13(3)21-12(2)10-14(22)11-17(21)23/h5-8,10-11,13,19,22H,4,9H2,1-3H3,(H,20,24). The fraction of sp³-hybridized carbons (Fsp3) is 0.333. The summed E-state index contributed by atoms with van der Waals surface area (Å²) in [7, 11) is 0. The number of nitrogens with one attached hydrogen (secondary N) is 2. The lowest BCUT2D eigenvalue weighted by atomic mass is 10.2. The van der Waals surface area contributed by atoms with E-state index in [9.17, 15) is 14.7 Å². The molecular weight excluding hydrogens is 306 g/mol. The summed E-state index contributed by atoms with van der Waals surface area (Å²) in [6.07, 6.45) is 0.973. The topological polar surface area (TPSA) is 83.4 Å². The number of rotatable bonds is 6. The van der Waals surface area contributed by atoms with Gasteiger partial charge in [-0.2, -0.15) is 0 Å². The Balaban J connectivity index is 2.23. The van der Waals surface area contributed by atoms with Crippen LogP contribution in [0.5, 0.6) is 5.75 Å². The first-order valence-corrected chi connectivity index (χ1v) is 8.00. The minimum absolute atomic E-state index is 0.101. The Kier molecular flexibility index (Phi) is 5.63. The van der Waals surface area contributed by atoms with Gasteiger partial charge in [0.25, 0.3) is 5.56 Å². The highest BCUT2D eigenvalue weighted by Crippen LogP contribution is 2.22. The predicted molar refractivity (Wildman–Crippen MR) is 95.7 cm³/mol. The minimum Gasteiger partial charge on any atom is -0.508 e. The Morgan fingerprint density at radius 3 is 2.54 bits per heavy atom.